The van der Waals surface area contributed by atoms with Crippen LogP contribution >= 0.6 is 0 Å². The van der Waals surface area contributed by atoms with Gasteiger partial charge in [-0.2, -0.15) is 5.10 Å². The van der Waals surface area contributed by atoms with Crippen LogP contribution in [0.3, 0.4) is 0 Å². The number of carbonyl (C=O) groups is 2. The molecular formula is C19H20N4O5. The molecule has 0 fully saturated rings. The molecule has 0 atom stereocenters. The van der Waals surface area contributed by atoms with E-state index < -0.39 is 11.9 Å². The smallest absolute Gasteiger partial charge is 0.325 e. The van der Waals surface area contributed by atoms with Crippen molar-refractivity contribution in [2.75, 3.05) is 27.4 Å². The standard InChI is InChI=1S/C19H20N4O5/c1-4-28-18(24)11-21-19(25)13-10-17-20-8-7-14(23(17)22-13)12-5-6-15(26-2)16(9-12)27-3/h5-10H,4,11H2,1-3H3,(H,21,25). The molecule has 1 amide bonds. The van der Waals surface area contributed by atoms with Crippen molar-refractivity contribution >= 4 is 17.5 Å². The maximum absolute atomic E-state index is 12.3. The number of methoxy groups -OCH3 is 2. The van der Waals surface area contributed by atoms with Gasteiger partial charge in [0.25, 0.3) is 5.91 Å². The van der Waals surface area contributed by atoms with E-state index >= 15 is 0 Å². The van der Waals surface area contributed by atoms with Crippen LogP contribution in [0.15, 0.2) is 36.5 Å². The van der Waals surface area contributed by atoms with E-state index in [-0.39, 0.29) is 18.8 Å². The van der Waals surface area contributed by atoms with Crippen LogP contribution in [0.1, 0.15) is 17.4 Å². The summed E-state index contributed by atoms with van der Waals surface area (Å²) in [4.78, 5) is 27.9. The van der Waals surface area contributed by atoms with E-state index in [1.54, 1.807) is 50.1 Å². The Labute approximate surface area is 161 Å². The topological polar surface area (TPSA) is 104 Å². The van der Waals surface area contributed by atoms with Crippen LogP contribution in [0.4, 0.5) is 0 Å². The van der Waals surface area contributed by atoms with Crippen LogP contribution in [0.2, 0.25) is 0 Å². The van der Waals surface area contributed by atoms with Crippen molar-refractivity contribution in [1.29, 1.82) is 0 Å². The minimum atomic E-state index is -0.510. The fourth-order valence-electron chi connectivity index (χ4n) is 2.68. The van der Waals surface area contributed by atoms with Gasteiger partial charge in [-0.3, -0.25) is 9.59 Å². The Bertz CT molecular complexity index is 1010. The second kappa shape index (κ2) is 8.38. The molecule has 9 nitrogen and oxygen atoms in total. The van der Waals surface area contributed by atoms with Gasteiger partial charge >= 0.3 is 5.97 Å². The van der Waals surface area contributed by atoms with Gasteiger partial charge < -0.3 is 19.5 Å². The van der Waals surface area contributed by atoms with Crippen molar-refractivity contribution in [2.45, 2.75) is 6.92 Å². The van der Waals surface area contributed by atoms with Crippen LogP contribution < -0.4 is 14.8 Å². The molecule has 0 bridgehead atoms. The zero-order valence-electron chi connectivity index (χ0n) is 15.8. The molecule has 0 radical (unpaired) electrons. The van der Waals surface area contributed by atoms with E-state index in [1.165, 1.54) is 0 Å². The fourth-order valence-corrected chi connectivity index (χ4v) is 2.68. The summed E-state index contributed by atoms with van der Waals surface area (Å²) in [5.41, 5.74) is 2.17. The van der Waals surface area contributed by atoms with Gasteiger partial charge in [-0.1, -0.05) is 0 Å². The number of rotatable bonds is 7. The van der Waals surface area contributed by atoms with Gasteiger partial charge in [0.2, 0.25) is 0 Å². The maximum Gasteiger partial charge on any atom is 0.325 e. The van der Waals surface area contributed by atoms with Gasteiger partial charge in [-0.25, -0.2) is 9.50 Å². The third-order valence-corrected chi connectivity index (χ3v) is 3.97. The molecule has 0 spiro atoms. The van der Waals surface area contributed by atoms with Gasteiger partial charge in [0, 0.05) is 17.8 Å². The largest absolute Gasteiger partial charge is 0.493 e. The Morgan fingerprint density at radius 2 is 1.89 bits per heavy atom. The first-order valence-electron chi connectivity index (χ1n) is 8.58. The van der Waals surface area contributed by atoms with E-state index in [4.69, 9.17) is 14.2 Å². The highest BCUT2D eigenvalue weighted by atomic mass is 16.5. The van der Waals surface area contributed by atoms with Gasteiger partial charge in [0.15, 0.2) is 22.8 Å². The number of hydrogen-bond donors (Lipinski definition) is 1. The quantitative estimate of drug-likeness (QED) is 0.618. The first-order chi connectivity index (χ1) is 13.6. The predicted octanol–water partition coefficient (Wildman–Crippen LogP) is 1.71. The zero-order valence-corrected chi connectivity index (χ0v) is 15.8. The summed E-state index contributed by atoms with van der Waals surface area (Å²) in [6.45, 7) is 1.72. The molecule has 0 unspecified atom stereocenters. The molecule has 1 N–H and O–H groups in total. The predicted molar refractivity (Wildman–Crippen MR) is 100 cm³/mol. The molecule has 146 valence electrons. The molecule has 3 rings (SSSR count). The highest BCUT2D eigenvalue weighted by Crippen LogP contribution is 2.32. The molecule has 0 saturated heterocycles. The number of carbonyl (C=O) groups excluding carboxylic acids is 2. The lowest BCUT2D eigenvalue weighted by Gasteiger charge is -2.10. The van der Waals surface area contributed by atoms with Gasteiger partial charge in [-0.15, -0.1) is 0 Å². The van der Waals surface area contributed by atoms with Crippen molar-refractivity contribution in [3.05, 3.63) is 42.2 Å². The Morgan fingerprint density at radius 3 is 2.61 bits per heavy atom. The van der Waals surface area contributed by atoms with Crippen molar-refractivity contribution < 1.29 is 23.8 Å². The van der Waals surface area contributed by atoms with Crippen molar-refractivity contribution in [1.82, 2.24) is 19.9 Å². The lowest BCUT2D eigenvalue weighted by Crippen LogP contribution is -2.30. The fraction of sp³-hybridized carbons (Fsp3) is 0.263. The molecule has 1 aromatic carbocycles. The molecule has 2 aromatic heterocycles. The third kappa shape index (κ3) is 3.88. The van der Waals surface area contributed by atoms with Crippen molar-refractivity contribution in [3.8, 4) is 22.8 Å². The lowest BCUT2D eigenvalue weighted by molar-refractivity contribution is -0.141. The van der Waals surface area contributed by atoms with Gasteiger partial charge in [0.05, 0.1) is 26.5 Å². The van der Waals surface area contributed by atoms with E-state index in [2.05, 4.69) is 15.4 Å². The lowest BCUT2D eigenvalue weighted by atomic mass is 10.1. The van der Waals surface area contributed by atoms with Crippen LogP contribution in [0, 0.1) is 0 Å². The number of fused-ring (bicyclic) bond motifs is 1. The number of amides is 1. The number of aromatic nitrogens is 3. The molecule has 2 heterocycles. The Balaban J connectivity index is 1.92. The molecule has 0 aliphatic carbocycles. The number of nitrogens with one attached hydrogen (secondary N) is 1. The summed E-state index contributed by atoms with van der Waals surface area (Å²) in [6, 6.07) is 8.79. The third-order valence-electron chi connectivity index (χ3n) is 3.97. The van der Waals surface area contributed by atoms with E-state index in [0.29, 0.717) is 17.1 Å². The molecule has 0 aliphatic heterocycles. The Morgan fingerprint density at radius 1 is 1.11 bits per heavy atom. The Hall–Kier alpha value is -3.62. The minimum Gasteiger partial charge on any atom is -0.493 e. The van der Waals surface area contributed by atoms with E-state index in [9.17, 15) is 9.59 Å². The first kappa shape index (κ1) is 19.2. The average Bonchev–Trinajstić information content (AvgIpc) is 3.16. The van der Waals surface area contributed by atoms with Crippen molar-refractivity contribution in [3.63, 3.8) is 0 Å². The molecule has 28 heavy (non-hydrogen) atoms. The average molecular weight is 384 g/mol. The van der Waals surface area contributed by atoms with E-state index in [0.717, 1.165) is 11.3 Å². The summed E-state index contributed by atoms with van der Waals surface area (Å²) in [6.07, 6.45) is 1.63. The number of nitrogens with zero attached hydrogens (tertiary/aromatic N) is 3. The molecule has 9 heteroatoms. The summed E-state index contributed by atoms with van der Waals surface area (Å²) in [7, 11) is 3.13. The van der Waals surface area contributed by atoms with Crippen molar-refractivity contribution in [2.24, 2.45) is 0 Å². The second-order valence-electron chi connectivity index (χ2n) is 5.69. The molecule has 0 aliphatic rings. The number of ether oxygens (including phenoxy) is 3. The minimum absolute atomic E-state index is 0.143. The number of esters is 1. The molecule has 0 saturated carbocycles. The summed E-state index contributed by atoms with van der Waals surface area (Å²) >= 11 is 0. The molecule has 3 aromatic rings. The number of hydrogen-bond acceptors (Lipinski definition) is 7. The van der Waals surface area contributed by atoms with Crippen LogP contribution in [-0.2, 0) is 9.53 Å². The monoisotopic (exact) mass is 384 g/mol. The van der Waals surface area contributed by atoms with E-state index in [1.807, 2.05) is 12.1 Å². The van der Waals surface area contributed by atoms with Crippen LogP contribution in [0.25, 0.3) is 16.9 Å². The Kier molecular flexibility index (Phi) is 5.73. The number of benzene rings is 1. The van der Waals surface area contributed by atoms with Crippen LogP contribution in [0.5, 0.6) is 11.5 Å². The normalized spacial score (nSPS) is 10.5. The maximum atomic E-state index is 12.3. The summed E-state index contributed by atoms with van der Waals surface area (Å²) in [5, 5.41) is 6.81. The SMILES string of the molecule is CCOC(=O)CNC(=O)c1cc2nccc(-c3ccc(OC)c(OC)c3)n2n1. The molecular weight excluding hydrogens is 364 g/mol. The van der Waals surface area contributed by atoms with Gasteiger partial charge in [-0.05, 0) is 31.2 Å². The highest BCUT2D eigenvalue weighted by Gasteiger charge is 2.16. The summed E-state index contributed by atoms with van der Waals surface area (Å²) < 4.78 is 17.0. The highest BCUT2D eigenvalue weighted by molar-refractivity contribution is 5.95. The zero-order chi connectivity index (χ0) is 20.1. The second-order valence-corrected chi connectivity index (χ2v) is 5.69. The summed E-state index contributed by atoms with van der Waals surface area (Å²) in [5.74, 6) is 0.182. The van der Waals surface area contributed by atoms with Gasteiger partial charge in [0.1, 0.15) is 6.54 Å². The van der Waals surface area contributed by atoms with Crippen LogP contribution in [-0.4, -0.2) is 53.8 Å². The first-order valence-corrected chi connectivity index (χ1v) is 8.58.